The average molecular weight is 451 g/mol. The summed E-state index contributed by atoms with van der Waals surface area (Å²) in [7, 11) is 0. The summed E-state index contributed by atoms with van der Waals surface area (Å²) in [5, 5.41) is 10.7. The van der Waals surface area contributed by atoms with Crippen LogP contribution in [-0.4, -0.2) is 35.2 Å². The Kier molecular flexibility index (Phi) is 13.0. The van der Waals surface area contributed by atoms with E-state index in [1.807, 2.05) is 0 Å². The van der Waals surface area contributed by atoms with Crippen LogP contribution in [0.3, 0.4) is 0 Å². The number of hydrogen-bond donors (Lipinski definition) is 2. The number of aliphatic imine (C=N–C) groups is 1. The third-order valence-corrected chi connectivity index (χ3v) is 3.56. The normalized spacial score (nSPS) is 12.8. The van der Waals surface area contributed by atoms with E-state index in [1.165, 1.54) is 25.7 Å². The third kappa shape index (κ3) is 9.44. The molecule has 0 saturated carbocycles. The molecule has 1 unspecified atom stereocenters. The van der Waals surface area contributed by atoms with Crippen molar-refractivity contribution in [1.29, 1.82) is 0 Å². The van der Waals surface area contributed by atoms with Crippen LogP contribution in [-0.2, 0) is 6.42 Å². The smallest absolute Gasteiger partial charge is 0.228 e. The molecule has 1 atom stereocenters. The molecule has 0 aliphatic heterocycles. The van der Waals surface area contributed by atoms with Gasteiger partial charge in [0.25, 0.3) is 0 Å². The van der Waals surface area contributed by atoms with Crippen LogP contribution in [0.2, 0.25) is 0 Å². The monoisotopic (exact) mass is 451 g/mol. The molecular formula is C17H34IN5O. The molecule has 140 valence electrons. The predicted molar refractivity (Wildman–Crippen MR) is 110 cm³/mol. The highest BCUT2D eigenvalue weighted by molar-refractivity contribution is 14.0. The van der Waals surface area contributed by atoms with Gasteiger partial charge >= 0.3 is 0 Å². The Hall–Kier alpha value is -0.860. The molecule has 24 heavy (non-hydrogen) atoms. The fourth-order valence-corrected chi connectivity index (χ4v) is 2.19. The molecule has 1 aromatic heterocycles. The van der Waals surface area contributed by atoms with Crippen LogP contribution in [0.15, 0.2) is 9.52 Å². The zero-order valence-electron chi connectivity index (χ0n) is 15.8. The van der Waals surface area contributed by atoms with Crippen LogP contribution in [0.1, 0.15) is 77.9 Å². The Morgan fingerprint density at radius 2 is 1.96 bits per heavy atom. The van der Waals surface area contributed by atoms with E-state index in [-0.39, 0.29) is 24.0 Å². The minimum absolute atomic E-state index is 0. The summed E-state index contributed by atoms with van der Waals surface area (Å²) in [6.45, 7) is 12.1. The summed E-state index contributed by atoms with van der Waals surface area (Å²) < 4.78 is 5.24. The highest BCUT2D eigenvalue weighted by Gasteiger charge is 2.09. The van der Waals surface area contributed by atoms with E-state index < -0.39 is 0 Å². The van der Waals surface area contributed by atoms with Crippen LogP contribution in [0.5, 0.6) is 0 Å². The van der Waals surface area contributed by atoms with Crippen molar-refractivity contribution >= 4 is 29.9 Å². The van der Waals surface area contributed by atoms with Gasteiger partial charge in [0.05, 0.1) is 6.54 Å². The zero-order chi connectivity index (χ0) is 17.1. The molecule has 1 rings (SSSR count). The Morgan fingerprint density at radius 3 is 2.54 bits per heavy atom. The van der Waals surface area contributed by atoms with Gasteiger partial charge in [-0.2, -0.15) is 4.98 Å². The molecule has 1 aromatic rings. The third-order valence-electron chi connectivity index (χ3n) is 3.56. The fraction of sp³-hybridized carbons (Fsp3) is 0.824. The SMILES string of the molecule is CCCCCC(C)NC(=NCCc1nc(C(C)C)no1)NCC.I. The van der Waals surface area contributed by atoms with Gasteiger partial charge in [-0.05, 0) is 20.3 Å². The number of rotatable bonds is 10. The zero-order valence-corrected chi connectivity index (χ0v) is 18.1. The summed E-state index contributed by atoms with van der Waals surface area (Å²) >= 11 is 0. The number of hydrogen-bond acceptors (Lipinski definition) is 4. The molecule has 0 amide bonds. The lowest BCUT2D eigenvalue weighted by Crippen LogP contribution is -2.42. The topological polar surface area (TPSA) is 75.3 Å². The second kappa shape index (κ2) is 13.4. The first kappa shape index (κ1) is 23.1. The Balaban J connectivity index is 0.00000529. The Morgan fingerprint density at radius 1 is 1.21 bits per heavy atom. The second-order valence-corrected chi connectivity index (χ2v) is 6.25. The molecule has 0 bridgehead atoms. The van der Waals surface area contributed by atoms with E-state index in [0.29, 0.717) is 30.8 Å². The lowest BCUT2D eigenvalue weighted by atomic mass is 10.1. The van der Waals surface area contributed by atoms with Gasteiger partial charge in [-0.25, -0.2) is 0 Å². The van der Waals surface area contributed by atoms with Gasteiger partial charge in [-0.15, -0.1) is 24.0 Å². The minimum Gasteiger partial charge on any atom is -0.357 e. The predicted octanol–water partition coefficient (Wildman–Crippen LogP) is 3.88. The maximum absolute atomic E-state index is 5.24. The molecule has 0 aliphatic rings. The number of nitrogens with one attached hydrogen (secondary N) is 2. The molecule has 0 spiro atoms. The first-order chi connectivity index (χ1) is 11.1. The highest BCUT2D eigenvalue weighted by Crippen LogP contribution is 2.09. The van der Waals surface area contributed by atoms with Crippen molar-refractivity contribution < 1.29 is 4.52 Å². The van der Waals surface area contributed by atoms with Crippen LogP contribution in [0, 0.1) is 0 Å². The van der Waals surface area contributed by atoms with Crippen LogP contribution < -0.4 is 10.6 Å². The van der Waals surface area contributed by atoms with E-state index in [9.17, 15) is 0 Å². The van der Waals surface area contributed by atoms with Gasteiger partial charge in [0.2, 0.25) is 5.89 Å². The van der Waals surface area contributed by atoms with Crippen molar-refractivity contribution in [2.24, 2.45) is 4.99 Å². The molecule has 0 aromatic carbocycles. The van der Waals surface area contributed by atoms with E-state index in [0.717, 1.165) is 18.3 Å². The maximum Gasteiger partial charge on any atom is 0.228 e. The minimum atomic E-state index is 0. The number of halogens is 1. The maximum atomic E-state index is 5.24. The van der Waals surface area contributed by atoms with Crippen molar-refractivity contribution in [2.75, 3.05) is 13.1 Å². The summed E-state index contributed by atoms with van der Waals surface area (Å²) in [6.07, 6.45) is 5.63. The fourth-order valence-electron chi connectivity index (χ4n) is 2.19. The van der Waals surface area contributed by atoms with Crippen molar-refractivity contribution in [3.05, 3.63) is 11.7 Å². The molecular weight excluding hydrogens is 417 g/mol. The first-order valence-electron chi connectivity index (χ1n) is 8.94. The summed E-state index contributed by atoms with van der Waals surface area (Å²) in [6, 6.07) is 0.426. The lowest BCUT2D eigenvalue weighted by molar-refractivity contribution is 0.372. The van der Waals surface area contributed by atoms with Gasteiger partial charge in [0.1, 0.15) is 0 Å². The number of guanidine groups is 1. The van der Waals surface area contributed by atoms with Crippen LogP contribution in [0.4, 0.5) is 0 Å². The van der Waals surface area contributed by atoms with Crippen molar-refractivity contribution in [3.63, 3.8) is 0 Å². The largest absolute Gasteiger partial charge is 0.357 e. The van der Waals surface area contributed by atoms with Gasteiger partial charge in [0, 0.05) is 24.9 Å². The van der Waals surface area contributed by atoms with Crippen molar-refractivity contribution in [3.8, 4) is 0 Å². The second-order valence-electron chi connectivity index (χ2n) is 6.25. The molecule has 0 saturated heterocycles. The summed E-state index contributed by atoms with van der Waals surface area (Å²) in [5.41, 5.74) is 0. The molecule has 0 fully saturated rings. The van der Waals surface area contributed by atoms with Gasteiger partial charge < -0.3 is 15.2 Å². The lowest BCUT2D eigenvalue weighted by Gasteiger charge is -2.17. The molecule has 2 N–H and O–H groups in total. The van der Waals surface area contributed by atoms with Crippen molar-refractivity contribution in [1.82, 2.24) is 20.8 Å². The summed E-state index contributed by atoms with van der Waals surface area (Å²) in [4.78, 5) is 8.97. The number of aromatic nitrogens is 2. The van der Waals surface area contributed by atoms with Gasteiger partial charge in [-0.3, -0.25) is 4.99 Å². The standard InChI is InChI=1S/C17H33N5O.HI/c1-6-8-9-10-14(5)20-17(18-7-2)19-12-11-15-21-16(13(3)4)22-23-15;/h13-14H,6-12H2,1-5H3,(H2,18,19,20);1H. The number of nitrogens with zero attached hydrogens (tertiary/aromatic N) is 3. The van der Waals surface area contributed by atoms with Gasteiger partial charge in [0.15, 0.2) is 11.8 Å². The first-order valence-corrected chi connectivity index (χ1v) is 8.94. The molecule has 1 heterocycles. The molecule has 6 nitrogen and oxygen atoms in total. The van der Waals surface area contributed by atoms with E-state index >= 15 is 0 Å². The quantitative estimate of drug-likeness (QED) is 0.245. The molecule has 0 aliphatic carbocycles. The van der Waals surface area contributed by atoms with E-state index in [2.05, 4.69) is 60.4 Å². The van der Waals surface area contributed by atoms with Crippen LogP contribution >= 0.6 is 24.0 Å². The highest BCUT2D eigenvalue weighted by atomic mass is 127. The van der Waals surface area contributed by atoms with Crippen molar-refractivity contribution in [2.45, 2.75) is 78.7 Å². The average Bonchev–Trinajstić information content (AvgIpc) is 2.97. The van der Waals surface area contributed by atoms with Crippen LogP contribution in [0.25, 0.3) is 0 Å². The molecule has 7 heteroatoms. The summed E-state index contributed by atoms with van der Waals surface area (Å²) in [5.74, 6) is 2.57. The van der Waals surface area contributed by atoms with E-state index in [1.54, 1.807) is 0 Å². The Labute approximate surface area is 163 Å². The Bertz CT molecular complexity index is 462. The van der Waals surface area contributed by atoms with E-state index in [4.69, 9.17) is 4.52 Å². The number of unbranched alkanes of at least 4 members (excludes halogenated alkanes) is 2. The molecule has 0 radical (unpaired) electrons. The van der Waals surface area contributed by atoms with Gasteiger partial charge in [-0.1, -0.05) is 45.2 Å².